The maximum atomic E-state index is 12.0. The summed E-state index contributed by atoms with van der Waals surface area (Å²) in [6.07, 6.45) is 2.38. The van der Waals surface area contributed by atoms with Gasteiger partial charge in [-0.1, -0.05) is 48.5 Å². The van der Waals surface area contributed by atoms with Crippen LogP contribution in [0.2, 0.25) is 0 Å². The van der Waals surface area contributed by atoms with Crippen molar-refractivity contribution in [1.29, 1.82) is 0 Å². The molecule has 0 radical (unpaired) electrons. The Balaban J connectivity index is 0.00000280. The molecule has 3 N–H and O–H groups in total. The summed E-state index contributed by atoms with van der Waals surface area (Å²) in [7, 11) is 1.72. The molecule has 0 spiro atoms. The van der Waals surface area contributed by atoms with Crippen LogP contribution in [0.1, 0.15) is 18.4 Å². The third-order valence-electron chi connectivity index (χ3n) is 4.44. The average molecular weight is 510 g/mol. The molecule has 3 rings (SSSR count). The number of rotatable bonds is 8. The van der Waals surface area contributed by atoms with E-state index in [0.29, 0.717) is 12.5 Å². The SMILES string of the molecule is CN=C(NCC(=O)NCc1ccccc1)NCC1(Sc2ccccc2)CC1.I. The number of aliphatic imine (C=N–C) groups is 1. The molecule has 0 aliphatic heterocycles. The molecule has 2 aromatic rings. The third-order valence-corrected chi connectivity index (χ3v) is 5.93. The lowest BCUT2D eigenvalue weighted by atomic mass is 10.2. The van der Waals surface area contributed by atoms with Crippen LogP contribution in [0.4, 0.5) is 0 Å². The van der Waals surface area contributed by atoms with Crippen LogP contribution >= 0.6 is 35.7 Å². The topological polar surface area (TPSA) is 65.5 Å². The van der Waals surface area contributed by atoms with E-state index < -0.39 is 0 Å². The molecule has 150 valence electrons. The molecule has 2 aromatic carbocycles. The Morgan fingerprint density at radius 1 is 1.00 bits per heavy atom. The van der Waals surface area contributed by atoms with E-state index in [2.05, 4.69) is 45.2 Å². The van der Waals surface area contributed by atoms with Gasteiger partial charge in [0.15, 0.2) is 5.96 Å². The van der Waals surface area contributed by atoms with Crippen molar-refractivity contribution >= 4 is 47.6 Å². The molecule has 28 heavy (non-hydrogen) atoms. The fourth-order valence-electron chi connectivity index (χ4n) is 2.68. The number of nitrogens with zero attached hydrogens (tertiary/aromatic N) is 1. The van der Waals surface area contributed by atoms with E-state index in [1.54, 1.807) is 7.05 Å². The van der Waals surface area contributed by atoms with Crippen LogP contribution < -0.4 is 16.0 Å². The van der Waals surface area contributed by atoms with Gasteiger partial charge in [0.1, 0.15) is 0 Å². The Labute approximate surface area is 188 Å². The zero-order valence-corrected chi connectivity index (χ0v) is 19.1. The van der Waals surface area contributed by atoms with Crippen molar-refractivity contribution in [3.8, 4) is 0 Å². The molecule has 0 saturated heterocycles. The quantitative estimate of drug-likeness (QED) is 0.290. The molecule has 0 atom stereocenters. The van der Waals surface area contributed by atoms with Crippen molar-refractivity contribution in [3.05, 3.63) is 66.2 Å². The molecule has 1 aliphatic carbocycles. The number of thioether (sulfide) groups is 1. The molecule has 0 aromatic heterocycles. The number of carbonyl (C=O) groups excluding carboxylic acids is 1. The van der Waals surface area contributed by atoms with Crippen LogP contribution in [0.3, 0.4) is 0 Å². The highest BCUT2D eigenvalue weighted by Crippen LogP contribution is 2.51. The number of guanidine groups is 1. The summed E-state index contributed by atoms with van der Waals surface area (Å²) in [5.74, 6) is 0.603. The zero-order chi connectivity index (χ0) is 19.0. The Morgan fingerprint density at radius 3 is 2.25 bits per heavy atom. The van der Waals surface area contributed by atoms with Crippen molar-refractivity contribution in [2.75, 3.05) is 20.1 Å². The predicted octanol–water partition coefficient (Wildman–Crippen LogP) is 3.41. The first-order valence-corrected chi connectivity index (χ1v) is 10.00. The number of carbonyl (C=O) groups is 1. The van der Waals surface area contributed by atoms with Gasteiger partial charge < -0.3 is 16.0 Å². The first-order valence-electron chi connectivity index (χ1n) is 9.18. The number of hydrogen-bond donors (Lipinski definition) is 3. The normalized spacial score (nSPS) is 14.5. The third kappa shape index (κ3) is 7.35. The average Bonchev–Trinajstić information content (AvgIpc) is 3.47. The summed E-state index contributed by atoms with van der Waals surface area (Å²) >= 11 is 1.92. The van der Waals surface area contributed by atoms with Crippen molar-refractivity contribution in [2.45, 2.75) is 29.0 Å². The minimum absolute atomic E-state index is 0. The smallest absolute Gasteiger partial charge is 0.239 e. The Morgan fingerprint density at radius 2 is 1.64 bits per heavy atom. The predicted molar refractivity (Wildman–Crippen MR) is 127 cm³/mol. The van der Waals surface area contributed by atoms with Crippen molar-refractivity contribution in [3.63, 3.8) is 0 Å². The summed E-state index contributed by atoms with van der Waals surface area (Å²) < 4.78 is 0.231. The van der Waals surface area contributed by atoms with Crippen LogP contribution in [0, 0.1) is 0 Å². The minimum Gasteiger partial charge on any atom is -0.355 e. The Bertz CT molecular complexity index is 766. The molecule has 1 saturated carbocycles. The van der Waals surface area contributed by atoms with Crippen molar-refractivity contribution in [2.24, 2.45) is 4.99 Å². The van der Waals surface area contributed by atoms with E-state index >= 15 is 0 Å². The van der Waals surface area contributed by atoms with Gasteiger partial charge in [-0.25, -0.2) is 0 Å². The maximum Gasteiger partial charge on any atom is 0.239 e. The van der Waals surface area contributed by atoms with E-state index in [4.69, 9.17) is 0 Å². The van der Waals surface area contributed by atoms with Gasteiger partial charge in [0.25, 0.3) is 0 Å². The molecule has 5 nitrogen and oxygen atoms in total. The number of halogens is 1. The van der Waals surface area contributed by atoms with Crippen molar-refractivity contribution in [1.82, 2.24) is 16.0 Å². The van der Waals surface area contributed by atoms with Gasteiger partial charge in [-0.3, -0.25) is 9.79 Å². The Kier molecular flexibility index (Phi) is 9.11. The molecule has 0 heterocycles. The first-order chi connectivity index (χ1) is 13.2. The molecule has 7 heteroatoms. The molecule has 0 unspecified atom stereocenters. The maximum absolute atomic E-state index is 12.0. The fourth-order valence-corrected chi connectivity index (χ4v) is 3.93. The summed E-state index contributed by atoms with van der Waals surface area (Å²) in [5, 5.41) is 9.35. The second-order valence-corrected chi connectivity index (χ2v) is 8.18. The molecule has 1 aliphatic rings. The van der Waals surface area contributed by atoms with Gasteiger partial charge in [0.05, 0.1) is 6.54 Å². The van der Waals surface area contributed by atoms with Gasteiger partial charge in [0.2, 0.25) is 5.91 Å². The van der Waals surface area contributed by atoms with Gasteiger partial charge >= 0.3 is 0 Å². The van der Waals surface area contributed by atoms with E-state index in [-0.39, 0.29) is 41.2 Å². The van der Waals surface area contributed by atoms with Crippen LogP contribution in [0.15, 0.2) is 70.6 Å². The fraction of sp³-hybridized carbons (Fsp3) is 0.333. The molecular formula is C21H27IN4OS. The summed E-state index contributed by atoms with van der Waals surface area (Å²) in [5.41, 5.74) is 1.09. The second kappa shape index (κ2) is 11.3. The van der Waals surface area contributed by atoms with Gasteiger partial charge in [-0.2, -0.15) is 0 Å². The highest BCUT2D eigenvalue weighted by Gasteiger charge is 2.43. The molecule has 1 amide bonds. The van der Waals surface area contributed by atoms with E-state index in [1.165, 1.54) is 17.7 Å². The minimum atomic E-state index is -0.0541. The highest BCUT2D eigenvalue weighted by molar-refractivity contribution is 14.0. The second-order valence-electron chi connectivity index (χ2n) is 6.64. The first kappa shape index (κ1) is 22.5. The summed E-state index contributed by atoms with van der Waals surface area (Å²) in [6.45, 7) is 1.56. The lowest BCUT2D eigenvalue weighted by Gasteiger charge is -2.18. The lowest BCUT2D eigenvalue weighted by molar-refractivity contribution is -0.120. The highest BCUT2D eigenvalue weighted by atomic mass is 127. The number of nitrogens with one attached hydrogen (secondary N) is 3. The van der Waals surface area contributed by atoms with E-state index in [1.807, 2.05) is 48.2 Å². The number of benzene rings is 2. The van der Waals surface area contributed by atoms with Gasteiger partial charge in [-0.05, 0) is 30.5 Å². The number of hydrogen-bond acceptors (Lipinski definition) is 3. The standard InChI is InChI=1S/C21H26N4OS.HI/c1-22-20(24-15-19(26)23-14-17-8-4-2-5-9-17)25-16-21(12-13-21)27-18-10-6-3-7-11-18;/h2-11H,12-16H2,1H3,(H,23,26)(H2,22,24,25);1H. The van der Waals surface area contributed by atoms with Crippen LogP contribution in [-0.2, 0) is 11.3 Å². The van der Waals surface area contributed by atoms with E-state index in [0.717, 1.165) is 12.1 Å². The van der Waals surface area contributed by atoms with Crippen LogP contribution in [-0.4, -0.2) is 36.8 Å². The number of amides is 1. The van der Waals surface area contributed by atoms with Crippen LogP contribution in [0.5, 0.6) is 0 Å². The van der Waals surface area contributed by atoms with Gasteiger partial charge in [-0.15, -0.1) is 35.7 Å². The zero-order valence-electron chi connectivity index (χ0n) is 16.0. The monoisotopic (exact) mass is 510 g/mol. The van der Waals surface area contributed by atoms with Crippen molar-refractivity contribution < 1.29 is 4.79 Å². The summed E-state index contributed by atoms with van der Waals surface area (Å²) in [6, 6.07) is 20.4. The summed E-state index contributed by atoms with van der Waals surface area (Å²) in [4.78, 5) is 17.5. The molecule has 1 fully saturated rings. The largest absolute Gasteiger partial charge is 0.355 e. The van der Waals surface area contributed by atoms with Crippen LogP contribution in [0.25, 0.3) is 0 Å². The molecule has 0 bridgehead atoms. The Hall–Kier alpha value is -1.74. The molecular weight excluding hydrogens is 483 g/mol. The van der Waals surface area contributed by atoms with Gasteiger partial charge in [0, 0.05) is 29.8 Å². The lowest BCUT2D eigenvalue weighted by Crippen LogP contribution is -2.45. The van der Waals surface area contributed by atoms with E-state index in [9.17, 15) is 4.79 Å².